The van der Waals surface area contributed by atoms with Crippen molar-refractivity contribution in [1.29, 1.82) is 0 Å². The number of nitro benzene ring substituents is 2. The topological polar surface area (TPSA) is 125 Å². The highest BCUT2D eigenvalue weighted by molar-refractivity contribution is 7.09. The first-order chi connectivity index (χ1) is 14.4. The van der Waals surface area contributed by atoms with Crippen molar-refractivity contribution in [3.8, 4) is 11.5 Å². The average molecular weight is 427 g/mol. The highest BCUT2D eigenvalue weighted by Crippen LogP contribution is 2.30. The molecule has 30 heavy (non-hydrogen) atoms. The summed E-state index contributed by atoms with van der Waals surface area (Å²) in [6.07, 6.45) is 0.876. The lowest BCUT2D eigenvalue weighted by Gasteiger charge is -2.07. The lowest BCUT2D eigenvalue weighted by molar-refractivity contribution is -0.394. The van der Waals surface area contributed by atoms with Crippen molar-refractivity contribution < 1.29 is 19.4 Å². The van der Waals surface area contributed by atoms with Gasteiger partial charge in [-0.2, -0.15) is 0 Å². The molecule has 0 bridgehead atoms. The zero-order valence-corrected chi connectivity index (χ0v) is 16.5. The van der Waals surface area contributed by atoms with E-state index in [1.807, 2.05) is 17.5 Å². The number of carbonyl (C=O) groups is 1. The van der Waals surface area contributed by atoms with E-state index in [0.717, 1.165) is 28.6 Å². The number of rotatable bonds is 9. The van der Waals surface area contributed by atoms with Crippen LogP contribution in [0.1, 0.15) is 16.9 Å². The zero-order valence-electron chi connectivity index (χ0n) is 15.6. The monoisotopic (exact) mass is 427 g/mol. The van der Waals surface area contributed by atoms with E-state index in [-0.39, 0.29) is 11.7 Å². The first kappa shape index (κ1) is 20.9. The van der Waals surface area contributed by atoms with Gasteiger partial charge in [0.2, 0.25) is 5.91 Å². The Morgan fingerprint density at radius 2 is 1.63 bits per heavy atom. The Labute approximate surface area is 175 Å². The summed E-state index contributed by atoms with van der Waals surface area (Å²) in [6, 6.07) is 13.8. The van der Waals surface area contributed by atoms with Crippen LogP contribution in [-0.4, -0.2) is 15.8 Å². The lowest BCUT2D eigenvalue weighted by Crippen LogP contribution is -2.22. The maximum Gasteiger partial charge on any atom is 0.280 e. The van der Waals surface area contributed by atoms with E-state index in [2.05, 4.69) is 5.32 Å². The average Bonchev–Trinajstić information content (AvgIpc) is 3.25. The van der Waals surface area contributed by atoms with Gasteiger partial charge in [-0.15, -0.1) is 11.3 Å². The van der Waals surface area contributed by atoms with Crippen molar-refractivity contribution in [3.05, 3.63) is 90.6 Å². The Kier molecular flexibility index (Phi) is 6.71. The Morgan fingerprint density at radius 1 is 0.967 bits per heavy atom. The van der Waals surface area contributed by atoms with Gasteiger partial charge in [-0.3, -0.25) is 25.0 Å². The van der Waals surface area contributed by atoms with E-state index < -0.39 is 21.2 Å². The summed E-state index contributed by atoms with van der Waals surface area (Å²) < 4.78 is 5.53. The number of hydrogen-bond acceptors (Lipinski definition) is 7. The summed E-state index contributed by atoms with van der Waals surface area (Å²) in [7, 11) is 0. The molecule has 1 heterocycles. The Hall–Kier alpha value is -3.79. The number of nitrogens with zero attached hydrogens (tertiary/aromatic N) is 2. The smallest absolute Gasteiger partial charge is 0.280 e. The number of nitrogens with one attached hydrogen (secondary N) is 1. The second-order valence-electron chi connectivity index (χ2n) is 6.30. The largest absolute Gasteiger partial charge is 0.457 e. The van der Waals surface area contributed by atoms with Crippen LogP contribution < -0.4 is 10.1 Å². The molecule has 0 saturated heterocycles. The summed E-state index contributed by atoms with van der Waals surface area (Å²) in [5.74, 6) is 0.319. The Bertz CT molecular complexity index is 1020. The Balaban J connectivity index is 1.57. The van der Waals surface area contributed by atoms with Gasteiger partial charge in [0.15, 0.2) is 0 Å². The van der Waals surface area contributed by atoms with Gasteiger partial charge in [0.05, 0.1) is 34.6 Å². The van der Waals surface area contributed by atoms with Crippen LogP contribution in [0.3, 0.4) is 0 Å². The molecular formula is C20H17N3O6S. The summed E-state index contributed by atoms with van der Waals surface area (Å²) in [5, 5.41) is 26.7. The van der Waals surface area contributed by atoms with Gasteiger partial charge in [-0.1, -0.05) is 18.2 Å². The molecule has 0 aliphatic rings. The molecule has 2 aromatic carbocycles. The van der Waals surface area contributed by atoms with E-state index in [1.165, 1.54) is 0 Å². The van der Waals surface area contributed by atoms with Gasteiger partial charge in [0, 0.05) is 11.3 Å². The third-order valence-electron chi connectivity index (χ3n) is 4.14. The molecular weight excluding hydrogens is 410 g/mol. The summed E-state index contributed by atoms with van der Waals surface area (Å²) >= 11 is 1.58. The number of amides is 1. The number of thiophene rings is 1. The summed E-state index contributed by atoms with van der Waals surface area (Å²) in [6.45, 7) is 0.513. The molecule has 10 heteroatoms. The molecule has 3 aromatic rings. The molecule has 0 unspecified atom stereocenters. The molecule has 9 nitrogen and oxygen atoms in total. The predicted molar refractivity (Wildman–Crippen MR) is 111 cm³/mol. The molecule has 0 spiro atoms. The zero-order chi connectivity index (χ0) is 21.5. The minimum Gasteiger partial charge on any atom is -0.457 e. The third-order valence-corrected chi connectivity index (χ3v) is 5.01. The number of nitro groups is 2. The van der Waals surface area contributed by atoms with Crippen LogP contribution in [0.25, 0.3) is 0 Å². The van der Waals surface area contributed by atoms with E-state index in [9.17, 15) is 25.0 Å². The molecule has 0 atom stereocenters. The maximum atomic E-state index is 12.0. The van der Waals surface area contributed by atoms with Crippen LogP contribution in [0.15, 0.2) is 60.0 Å². The van der Waals surface area contributed by atoms with Crippen molar-refractivity contribution in [1.82, 2.24) is 5.32 Å². The van der Waals surface area contributed by atoms with Crippen molar-refractivity contribution in [3.63, 3.8) is 0 Å². The first-order valence-corrected chi connectivity index (χ1v) is 9.78. The molecule has 154 valence electrons. The van der Waals surface area contributed by atoms with Crippen LogP contribution in [-0.2, 0) is 17.8 Å². The molecule has 1 N–H and O–H groups in total. The Morgan fingerprint density at radius 3 is 2.20 bits per heavy atom. The maximum absolute atomic E-state index is 12.0. The van der Waals surface area contributed by atoms with E-state index in [1.54, 1.807) is 35.6 Å². The quantitative estimate of drug-likeness (QED) is 0.393. The van der Waals surface area contributed by atoms with Crippen molar-refractivity contribution in [2.24, 2.45) is 0 Å². The van der Waals surface area contributed by atoms with Crippen LogP contribution in [0.2, 0.25) is 0 Å². The fraction of sp³-hybridized carbons (Fsp3) is 0.150. The van der Waals surface area contributed by atoms with Crippen molar-refractivity contribution in [2.45, 2.75) is 19.4 Å². The van der Waals surface area contributed by atoms with Crippen LogP contribution in [0.4, 0.5) is 11.4 Å². The predicted octanol–water partition coefficient (Wildman–Crippen LogP) is 4.61. The van der Waals surface area contributed by atoms with Gasteiger partial charge < -0.3 is 10.1 Å². The molecule has 1 amide bonds. The second-order valence-corrected chi connectivity index (χ2v) is 7.33. The molecule has 0 radical (unpaired) electrons. The number of benzene rings is 2. The third kappa shape index (κ3) is 5.85. The number of carbonyl (C=O) groups excluding carboxylic acids is 1. The molecule has 0 aliphatic carbocycles. The lowest BCUT2D eigenvalue weighted by atomic mass is 10.1. The van der Waals surface area contributed by atoms with Gasteiger partial charge in [0.1, 0.15) is 11.5 Å². The molecule has 1 aromatic heterocycles. The van der Waals surface area contributed by atoms with Gasteiger partial charge in [-0.05, 0) is 35.6 Å². The van der Waals surface area contributed by atoms with E-state index in [0.29, 0.717) is 25.1 Å². The van der Waals surface area contributed by atoms with Crippen molar-refractivity contribution >= 4 is 28.6 Å². The summed E-state index contributed by atoms with van der Waals surface area (Å²) in [5.41, 5.74) is 0.0624. The number of hydrogen-bond donors (Lipinski definition) is 1. The SMILES string of the molecule is O=C(CCc1ccc(Oc2cc([N+](=O)[O-])cc([N+](=O)[O-])c2)cc1)NCc1cccs1. The van der Waals surface area contributed by atoms with Gasteiger partial charge >= 0.3 is 0 Å². The van der Waals surface area contributed by atoms with Gasteiger partial charge in [0.25, 0.3) is 11.4 Å². The summed E-state index contributed by atoms with van der Waals surface area (Å²) in [4.78, 5) is 33.5. The van der Waals surface area contributed by atoms with Crippen LogP contribution in [0.5, 0.6) is 11.5 Å². The fourth-order valence-corrected chi connectivity index (χ4v) is 3.29. The first-order valence-electron chi connectivity index (χ1n) is 8.90. The van der Waals surface area contributed by atoms with Gasteiger partial charge in [-0.25, -0.2) is 0 Å². The normalized spacial score (nSPS) is 10.4. The molecule has 3 rings (SSSR count). The minimum atomic E-state index is -0.716. The van der Waals surface area contributed by atoms with Crippen LogP contribution in [0, 0.1) is 20.2 Å². The van der Waals surface area contributed by atoms with E-state index >= 15 is 0 Å². The number of ether oxygens (including phenoxy) is 1. The second kappa shape index (κ2) is 9.61. The van der Waals surface area contributed by atoms with Crippen molar-refractivity contribution in [2.75, 3.05) is 0 Å². The number of non-ortho nitro benzene ring substituents is 2. The molecule has 0 aliphatic heterocycles. The van der Waals surface area contributed by atoms with Crippen LogP contribution >= 0.6 is 11.3 Å². The van der Waals surface area contributed by atoms with E-state index in [4.69, 9.17) is 4.74 Å². The highest BCUT2D eigenvalue weighted by Gasteiger charge is 2.17. The molecule has 0 saturated carbocycles. The standard InChI is InChI=1S/C20H17N3O6S/c24-20(21-13-19-2-1-9-30-19)8-5-14-3-6-17(7-4-14)29-18-11-15(22(25)26)10-16(12-18)23(27)28/h1-4,6-7,9-12H,5,8,13H2,(H,21,24). The minimum absolute atomic E-state index is 0.00314. The highest BCUT2D eigenvalue weighted by atomic mass is 32.1. The fourth-order valence-electron chi connectivity index (χ4n) is 2.64. The number of aryl methyl sites for hydroxylation is 1. The molecule has 0 fully saturated rings.